The molecule has 0 amide bonds. The summed E-state index contributed by atoms with van der Waals surface area (Å²) in [5.74, 6) is 8.59. The largest absolute Gasteiger partial charge is 0.271 e. The van der Waals surface area contributed by atoms with Gasteiger partial charge >= 0.3 is 0 Å². The molecule has 102 valence electrons. The molecule has 0 aromatic heterocycles. The van der Waals surface area contributed by atoms with E-state index < -0.39 is 0 Å². The van der Waals surface area contributed by atoms with Gasteiger partial charge in [0.25, 0.3) is 0 Å². The first kappa shape index (κ1) is 11.9. The molecule has 3 atom stereocenters. The van der Waals surface area contributed by atoms with Gasteiger partial charge < -0.3 is 0 Å². The molecule has 19 heavy (non-hydrogen) atoms. The van der Waals surface area contributed by atoms with E-state index in [1.54, 1.807) is 11.1 Å². The number of aryl methyl sites for hydroxylation is 2. The van der Waals surface area contributed by atoms with Crippen molar-refractivity contribution in [1.29, 1.82) is 0 Å². The van der Waals surface area contributed by atoms with Gasteiger partial charge in [-0.25, -0.2) is 0 Å². The molecule has 2 fully saturated rings. The van der Waals surface area contributed by atoms with Crippen molar-refractivity contribution in [1.82, 2.24) is 5.43 Å². The van der Waals surface area contributed by atoms with Crippen LogP contribution in [0, 0.1) is 17.8 Å². The van der Waals surface area contributed by atoms with Crippen molar-refractivity contribution in [2.24, 2.45) is 23.6 Å². The highest BCUT2D eigenvalue weighted by Gasteiger charge is 2.54. The van der Waals surface area contributed by atoms with Gasteiger partial charge in [0.15, 0.2) is 0 Å². The standard InChI is InChI=1S/C17H24N2/c18-19-17(16-14-6-1-2-7-15(14)16)13-9-8-11-4-3-5-12(11)10-13/h8-10,14-17,19H,1-7,18H2. The molecule has 0 spiro atoms. The molecular formula is C17H24N2. The van der Waals surface area contributed by atoms with Crippen LogP contribution in [0.25, 0.3) is 0 Å². The Hall–Kier alpha value is -0.860. The molecule has 3 unspecified atom stereocenters. The van der Waals surface area contributed by atoms with E-state index in [0.29, 0.717) is 6.04 Å². The molecule has 1 aromatic rings. The normalized spacial score (nSPS) is 33.6. The average molecular weight is 256 g/mol. The van der Waals surface area contributed by atoms with Crippen LogP contribution in [-0.4, -0.2) is 0 Å². The van der Waals surface area contributed by atoms with E-state index in [2.05, 4.69) is 23.6 Å². The van der Waals surface area contributed by atoms with Crippen molar-refractivity contribution in [2.75, 3.05) is 0 Å². The molecule has 3 aliphatic carbocycles. The second-order valence-electron chi connectivity index (χ2n) is 6.72. The summed E-state index contributed by atoms with van der Waals surface area (Å²) in [5.41, 5.74) is 7.69. The molecule has 0 radical (unpaired) electrons. The first-order valence-corrected chi connectivity index (χ1v) is 7.96. The Labute approximate surface area is 115 Å². The smallest absolute Gasteiger partial charge is 0.0493 e. The fourth-order valence-corrected chi connectivity index (χ4v) is 4.76. The molecule has 2 saturated carbocycles. The topological polar surface area (TPSA) is 38.0 Å². The minimum Gasteiger partial charge on any atom is -0.271 e. The summed E-state index contributed by atoms with van der Waals surface area (Å²) < 4.78 is 0. The lowest BCUT2D eigenvalue weighted by atomic mass is 9.97. The van der Waals surface area contributed by atoms with Gasteiger partial charge in [0, 0.05) is 6.04 Å². The van der Waals surface area contributed by atoms with E-state index in [0.717, 1.165) is 17.8 Å². The highest BCUT2D eigenvalue weighted by molar-refractivity contribution is 5.37. The van der Waals surface area contributed by atoms with Gasteiger partial charge in [-0.05, 0) is 66.5 Å². The number of hydrogen-bond donors (Lipinski definition) is 2. The van der Waals surface area contributed by atoms with E-state index in [1.807, 2.05) is 0 Å². The van der Waals surface area contributed by atoms with E-state index in [-0.39, 0.29) is 0 Å². The highest BCUT2D eigenvalue weighted by atomic mass is 15.2. The predicted octanol–water partition coefficient (Wildman–Crippen LogP) is 3.12. The molecule has 3 aliphatic rings. The summed E-state index contributed by atoms with van der Waals surface area (Å²) in [6.45, 7) is 0. The summed E-state index contributed by atoms with van der Waals surface area (Å²) in [6.07, 6.45) is 9.58. The van der Waals surface area contributed by atoms with Gasteiger partial charge in [-0.3, -0.25) is 11.3 Å². The molecule has 3 N–H and O–H groups in total. The fraction of sp³-hybridized carbons (Fsp3) is 0.647. The van der Waals surface area contributed by atoms with Gasteiger partial charge in [0.1, 0.15) is 0 Å². The molecule has 4 rings (SSSR count). The fourth-order valence-electron chi connectivity index (χ4n) is 4.76. The summed E-state index contributed by atoms with van der Waals surface area (Å²) in [5, 5.41) is 0. The van der Waals surface area contributed by atoms with Crippen LogP contribution in [-0.2, 0) is 12.8 Å². The molecule has 0 saturated heterocycles. The number of hydrazine groups is 1. The number of nitrogens with two attached hydrogens (primary N) is 1. The van der Waals surface area contributed by atoms with Crippen LogP contribution in [0.3, 0.4) is 0 Å². The highest BCUT2D eigenvalue weighted by Crippen LogP contribution is 2.60. The maximum atomic E-state index is 5.90. The molecule has 0 aliphatic heterocycles. The van der Waals surface area contributed by atoms with Crippen LogP contribution >= 0.6 is 0 Å². The Balaban J connectivity index is 1.59. The van der Waals surface area contributed by atoms with Crippen molar-refractivity contribution < 1.29 is 0 Å². The van der Waals surface area contributed by atoms with Crippen molar-refractivity contribution in [3.8, 4) is 0 Å². The molecule has 2 nitrogen and oxygen atoms in total. The average Bonchev–Trinajstić information content (AvgIpc) is 2.96. The Morgan fingerprint density at radius 2 is 1.74 bits per heavy atom. The zero-order valence-corrected chi connectivity index (χ0v) is 11.6. The van der Waals surface area contributed by atoms with E-state index in [4.69, 9.17) is 5.84 Å². The number of nitrogens with one attached hydrogen (secondary N) is 1. The van der Waals surface area contributed by atoms with Crippen LogP contribution in [0.1, 0.15) is 54.8 Å². The maximum absolute atomic E-state index is 5.90. The van der Waals surface area contributed by atoms with Gasteiger partial charge in [-0.1, -0.05) is 31.0 Å². The van der Waals surface area contributed by atoms with Crippen LogP contribution < -0.4 is 11.3 Å². The number of fused-ring (bicyclic) bond motifs is 2. The molecule has 1 aromatic carbocycles. The minimum atomic E-state index is 0.388. The second-order valence-corrected chi connectivity index (χ2v) is 6.72. The zero-order chi connectivity index (χ0) is 12.8. The van der Waals surface area contributed by atoms with Crippen LogP contribution in [0.4, 0.5) is 0 Å². The van der Waals surface area contributed by atoms with E-state index >= 15 is 0 Å². The quantitative estimate of drug-likeness (QED) is 0.644. The Kier molecular flexibility index (Phi) is 2.89. The van der Waals surface area contributed by atoms with Crippen molar-refractivity contribution >= 4 is 0 Å². The second kappa shape index (κ2) is 4.60. The van der Waals surface area contributed by atoms with Gasteiger partial charge in [-0.15, -0.1) is 0 Å². The number of benzene rings is 1. The summed E-state index contributed by atoms with van der Waals surface area (Å²) in [7, 11) is 0. The van der Waals surface area contributed by atoms with Crippen LogP contribution in [0.5, 0.6) is 0 Å². The lowest BCUT2D eigenvalue weighted by Gasteiger charge is -2.18. The monoisotopic (exact) mass is 256 g/mol. The SMILES string of the molecule is NNC(c1ccc2c(c1)CCC2)C1C2CCCCC21. The molecule has 0 bridgehead atoms. The third kappa shape index (κ3) is 1.93. The zero-order valence-electron chi connectivity index (χ0n) is 11.6. The Morgan fingerprint density at radius 1 is 1.00 bits per heavy atom. The summed E-state index contributed by atoms with van der Waals surface area (Å²) >= 11 is 0. The lowest BCUT2D eigenvalue weighted by Crippen LogP contribution is -2.30. The number of rotatable bonds is 3. The minimum absolute atomic E-state index is 0.388. The van der Waals surface area contributed by atoms with Gasteiger partial charge in [0.05, 0.1) is 0 Å². The third-order valence-electron chi connectivity index (χ3n) is 5.77. The van der Waals surface area contributed by atoms with E-state index in [1.165, 1.54) is 50.5 Å². The number of hydrogen-bond acceptors (Lipinski definition) is 2. The van der Waals surface area contributed by atoms with Crippen molar-refractivity contribution in [2.45, 2.75) is 51.0 Å². The van der Waals surface area contributed by atoms with Crippen molar-refractivity contribution in [3.05, 3.63) is 34.9 Å². The first-order valence-electron chi connectivity index (χ1n) is 7.96. The van der Waals surface area contributed by atoms with Gasteiger partial charge in [0.2, 0.25) is 0 Å². The summed E-state index contributed by atoms with van der Waals surface area (Å²) in [4.78, 5) is 0. The lowest BCUT2D eigenvalue weighted by molar-refractivity contribution is 0.456. The summed E-state index contributed by atoms with van der Waals surface area (Å²) in [6, 6.07) is 7.48. The van der Waals surface area contributed by atoms with Gasteiger partial charge in [-0.2, -0.15) is 0 Å². The molecular weight excluding hydrogens is 232 g/mol. The van der Waals surface area contributed by atoms with Crippen LogP contribution in [0.2, 0.25) is 0 Å². The van der Waals surface area contributed by atoms with E-state index in [9.17, 15) is 0 Å². The molecule has 2 heteroatoms. The molecule has 0 heterocycles. The Bertz CT molecular complexity index is 470. The van der Waals surface area contributed by atoms with Crippen LogP contribution in [0.15, 0.2) is 18.2 Å². The predicted molar refractivity (Wildman–Crippen MR) is 77.5 cm³/mol. The third-order valence-corrected chi connectivity index (χ3v) is 5.77. The van der Waals surface area contributed by atoms with Crippen molar-refractivity contribution in [3.63, 3.8) is 0 Å². The first-order chi connectivity index (χ1) is 9.38. The Morgan fingerprint density at radius 3 is 2.47 bits per heavy atom. The maximum Gasteiger partial charge on any atom is 0.0493 e.